The summed E-state index contributed by atoms with van der Waals surface area (Å²) in [6, 6.07) is 23.0. The molecule has 0 N–H and O–H groups in total. The second-order valence-corrected chi connectivity index (χ2v) is 5.85. The summed E-state index contributed by atoms with van der Waals surface area (Å²) in [6.45, 7) is 14.1. The molecule has 0 unspecified atom stereocenters. The van der Waals surface area contributed by atoms with Gasteiger partial charge in [0.15, 0.2) is 0 Å². The molecule has 118 valence electrons. The molecule has 3 rings (SSSR count). The van der Waals surface area contributed by atoms with Crippen LogP contribution < -0.4 is 4.90 Å². The Hall–Kier alpha value is -3.06. The number of benzene rings is 3. The Morgan fingerprint density at radius 2 is 1.62 bits per heavy atom. The Morgan fingerprint density at radius 1 is 0.875 bits per heavy atom. The molecule has 0 fully saturated rings. The Bertz CT molecular complexity index is 919. The minimum atomic E-state index is 0.930. The molecule has 0 aliphatic heterocycles. The maximum Gasteiger partial charge on any atom is 0.0464 e. The van der Waals surface area contributed by atoms with Crippen molar-refractivity contribution in [2.75, 3.05) is 4.90 Å². The van der Waals surface area contributed by atoms with Gasteiger partial charge in [-0.2, -0.15) is 0 Å². The molecule has 0 radical (unpaired) electrons. The quantitative estimate of drug-likeness (QED) is 0.473. The number of para-hydroxylation sites is 1. The first-order chi connectivity index (χ1) is 11.6. The highest BCUT2D eigenvalue weighted by molar-refractivity contribution is 5.97. The van der Waals surface area contributed by atoms with Crippen molar-refractivity contribution in [3.8, 4) is 0 Å². The molecule has 0 aliphatic carbocycles. The molecule has 24 heavy (non-hydrogen) atoms. The summed E-state index contributed by atoms with van der Waals surface area (Å²) in [4.78, 5) is 2.16. The van der Waals surface area contributed by atoms with Gasteiger partial charge in [-0.25, -0.2) is 0 Å². The van der Waals surface area contributed by atoms with Gasteiger partial charge in [0, 0.05) is 17.1 Å². The first kappa shape index (κ1) is 15.8. The molecule has 0 aliphatic rings. The smallest absolute Gasteiger partial charge is 0.0464 e. The molecule has 3 aromatic rings. The third-order valence-electron chi connectivity index (χ3n) is 4.11. The highest BCUT2D eigenvalue weighted by Gasteiger charge is 2.12. The first-order valence-corrected chi connectivity index (χ1v) is 7.97. The normalized spacial score (nSPS) is 10.4. The molecule has 1 nitrogen and oxygen atoms in total. The standard InChI is InChI=1S/C23H21N/c1-5-18(4)22-13-9-10-19-14-15-21(16-23(19)22)24(17(2)3)20-11-7-6-8-12-20/h5-16H,1-2,4H2,3H3. The van der Waals surface area contributed by atoms with E-state index in [0.717, 1.165) is 28.2 Å². The second-order valence-electron chi connectivity index (χ2n) is 5.85. The van der Waals surface area contributed by atoms with Crippen LogP contribution in [0.4, 0.5) is 11.4 Å². The topological polar surface area (TPSA) is 3.24 Å². The van der Waals surface area contributed by atoms with Gasteiger partial charge in [0.25, 0.3) is 0 Å². The van der Waals surface area contributed by atoms with Gasteiger partial charge in [-0.3, -0.25) is 0 Å². The fourth-order valence-corrected chi connectivity index (χ4v) is 2.96. The van der Waals surface area contributed by atoms with E-state index in [4.69, 9.17) is 0 Å². The molecule has 1 heteroatoms. The SMILES string of the molecule is C=CC(=C)c1cccc2ccc(N(C(=C)C)c3ccccc3)cc12. The Balaban J connectivity index is 2.20. The summed E-state index contributed by atoms with van der Waals surface area (Å²) in [5.74, 6) is 0. The zero-order valence-electron chi connectivity index (χ0n) is 14.0. The lowest BCUT2D eigenvalue weighted by atomic mass is 9.98. The summed E-state index contributed by atoms with van der Waals surface area (Å²) in [6.07, 6.45) is 1.80. The number of rotatable bonds is 5. The zero-order valence-corrected chi connectivity index (χ0v) is 14.0. The van der Waals surface area contributed by atoms with Crippen LogP contribution in [0.3, 0.4) is 0 Å². The summed E-state index contributed by atoms with van der Waals surface area (Å²) < 4.78 is 0. The van der Waals surface area contributed by atoms with Crippen molar-refractivity contribution < 1.29 is 0 Å². The largest absolute Gasteiger partial charge is 0.315 e. The minimum absolute atomic E-state index is 0.930. The van der Waals surface area contributed by atoms with Gasteiger partial charge in [0.1, 0.15) is 0 Å². The van der Waals surface area contributed by atoms with Crippen LogP contribution in [-0.2, 0) is 0 Å². The number of allylic oxidation sites excluding steroid dienone is 3. The third-order valence-corrected chi connectivity index (χ3v) is 4.11. The zero-order chi connectivity index (χ0) is 17.1. The number of hydrogen-bond acceptors (Lipinski definition) is 1. The van der Waals surface area contributed by atoms with Crippen LogP contribution in [0.15, 0.2) is 98.2 Å². The number of anilines is 2. The monoisotopic (exact) mass is 311 g/mol. The summed E-state index contributed by atoms with van der Waals surface area (Å²) in [5, 5.41) is 2.36. The van der Waals surface area contributed by atoms with Crippen LogP contribution in [-0.4, -0.2) is 0 Å². The molecule has 0 saturated carbocycles. The first-order valence-electron chi connectivity index (χ1n) is 7.97. The van der Waals surface area contributed by atoms with Crippen LogP contribution in [0.1, 0.15) is 12.5 Å². The second kappa shape index (κ2) is 6.59. The lowest BCUT2D eigenvalue weighted by Crippen LogP contribution is -2.13. The van der Waals surface area contributed by atoms with Crippen LogP contribution in [0.2, 0.25) is 0 Å². The van der Waals surface area contributed by atoms with Gasteiger partial charge >= 0.3 is 0 Å². The molecular weight excluding hydrogens is 290 g/mol. The van der Waals surface area contributed by atoms with Crippen molar-refractivity contribution in [2.45, 2.75) is 6.92 Å². The van der Waals surface area contributed by atoms with E-state index in [1.807, 2.05) is 25.1 Å². The van der Waals surface area contributed by atoms with Crippen LogP contribution in [0, 0.1) is 0 Å². The van der Waals surface area contributed by atoms with Gasteiger partial charge in [0.05, 0.1) is 0 Å². The molecule has 3 aromatic carbocycles. The van der Waals surface area contributed by atoms with E-state index < -0.39 is 0 Å². The van der Waals surface area contributed by atoms with E-state index in [-0.39, 0.29) is 0 Å². The predicted molar refractivity (Wildman–Crippen MR) is 107 cm³/mol. The van der Waals surface area contributed by atoms with Gasteiger partial charge in [-0.05, 0) is 53.1 Å². The van der Waals surface area contributed by atoms with Gasteiger partial charge in [-0.1, -0.05) is 68.3 Å². The summed E-state index contributed by atoms with van der Waals surface area (Å²) in [7, 11) is 0. The van der Waals surface area contributed by atoms with Crippen molar-refractivity contribution >= 4 is 27.7 Å². The van der Waals surface area contributed by atoms with Gasteiger partial charge in [-0.15, -0.1) is 0 Å². The molecule has 0 saturated heterocycles. The predicted octanol–water partition coefficient (Wildman–Crippen LogP) is 6.71. The van der Waals surface area contributed by atoms with E-state index in [0.29, 0.717) is 0 Å². The van der Waals surface area contributed by atoms with E-state index >= 15 is 0 Å². The van der Waals surface area contributed by atoms with Crippen molar-refractivity contribution in [1.82, 2.24) is 0 Å². The Morgan fingerprint density at radius 3 is 2.29 bits per heavy atom. The molecule has 0 atom stereocenters. The highest BCUT2D eigenvalue weighted by atomic mass is 15.1. The number of hydrogen-bond donors (Lipinski definition) is 0. The lowest BCUT2D eigenvalue weighted by Gasteiger charge is -2.25. The van der Waals surface area contributed by atoms with Crippen LogP contribution in [0.5, 0.6) is 0 Å². The maximum atomic E-state index is 4.15. The number of nitrogens with zero attached hydrogens (tertiary/aromatic N) is 1. The molecular formula is C23H21N. The lowest BCUT2D eigenvalue weighted by molar-refractivity contribution is 1.17. The molecule has 0 amide bonds. The average molecular weight is 311 g/mol. The number of fused-ring (bicyclic) bond motifs is 1. The van der Waals surface area contributed by atoms with E-state index in [2.05, 4.69) is 73.2 Å². The van der Waals surface area contributed by atoms with Crippen molar-refractivity contribution in [3.63, 3.8) is 0 Å². The van der Waals surface area contributed by atoms with E-state index in [9.17, 15) is 0 Å². The average Bonchev–Trinajstić information content (AvgIpc) is 2.61. The molecule has 0 heterocycles. The Labute approximate surface area is 143 Å². The summed E-state index contributed by atoms with van der Waals surface area (Å²) in [5.41, 5.74) is 5.20. The molecule has 0 spiro atoms. The fourth-order valence-electron chi connectivity index (χ4n) is 2.96. The van der Waals surface area contributed by atoms with Crippen molar-refractivity contribution in [1.29, 1.82) is 0 Å². The third kappa shape index (κ3) is 2.89. The van der Waals surface area contributed by atoms with E-state index in [1.165, 1.54) is 10.8 Å². The van der Waals surface area contributed by atoms with Gasteiger partial charge in [0.2, 0.25) is 0 Å². The minimum Gasteiger partial charge on any atom is -0.315 e. The Kier molecular flexibility index (Phi) is 4.35. The van der Waals surface area contributed by atoms with Crippen LogP contribution >= 0.6 is 0 Å². The molecule has 0 bridgehead atoms. The van der Waals surface area contributed by atoms with Crippen molar-refractivity contribution in [3.05, 3.63) is 104 Å². The van der Waals surface area contributed by atoms with Crippen molar-refractivity contribution in [2.24, 2.45) is 0 Å². The summed E-state index contributed by atoms with van der Waals surface area (Å²) >= 11 is 0. The van der Waals surface area contributed by atoms with Crippen LogP contribution in [0.25, 0.3) is 16.3 Å². The molecule has 0 aromatic heterocycles. The maximum absolute atomic E-state index is 4.15. The van der Waals surface area contributed by atoms with Gasteiger partial charge < -0.3 is 4.90 Å². The van der Waals surface area contributed by atoms with E-state index in [1.54, 1.807) is 6.08 Å². The highest BCUT2D eigenvalue weighted by Crippen LogP contribution is 2.33. The fraction of sp³-hybridized carbons (Fsp3) is 0.0435.